The average Bonchev–Trinajstić information content (AvgIpc) is 2.89. The van der Waals surface area contributed by atoms with Crippen molar-refractivity contribution in [2.24, 2.45) is 5.73 Å². The summed E-state index contributed by atoms with van der Waals surface area (Å²) in [6.07, 6.45) is 1.90. The highest BCUT2D eigenvalue weighted by Gasteiger charge is 2.25. The van der Waals surface area contributed by atoms with Crippen LogP contribution in [0.3, 0.4) is 0 Å². The minimum atomic E-state index is -0.282. The lowest BCUT2D eigenvalue weighted by atomic mass is 10.1. The monoisotopic (exact) mass is 319 g/mol. The molecule has 1 saturated heterocycles. The van der Waals surface area contributed by atoms with Crippen molar-refractivity contribution in [3.8, 4) is 10.6 Å². The molecule has 116 valence electrons. The van der Waals surface area contributed by atoms with Crippen LogP contribution in [0.2, 0.25) is 0 Å². The van der Waals surface area contributed by atoms with Crippen LogP contribution in [0.1, 0.15) is 28.2 Å². The van der Waals surface area contributed by atoms with Gasteiger partial charge in [0, 0.05) is 24.7 Å². The largest absolute Gasteiger partial charge is 0.336 e. The third-order valence-corrected chi connectivity index (χ3v) is 5.02. The van der Waals surface area contributed by atoms with E-state index in [1.54, 1.807) is 12.1 Å². The molecule has 0 radical (unpaired) electrons. The van der Waals surface area contributed by atoms with Gasteiger partial charge in [0.1, 0.15) is 15.7 Å². The van der Waals surface area contributed by atoms with Gasteiger partial charge in [-0.05, 0) is 44.0 Å². The summed E-state index contributed by atoms with van der Waals surface area (Å²) in [5.74, 6) is -0.283. The maximum absolute atomic E-state index is 13.0. The molecule has 1 amide bonds. The van der Waals surface area contributed by atoms with E-state index < -0.39 is 0 Å². The van der Waals surface area contributed by atoms with E-state index in [0.29, 0.717) is 17.1 Å². The van der Waals surface area contributed by atoms with Gasteiger partial charge in [-0.2, -0.15) is 0 Å². The van der Waals surface area contributed by atoms with Crippen LogP contribution in [-0.2, 0) is 0 Å². The first kappa shape index (κ1) is 15.1. The SMILES string of the molecule is Cc1nc(-c2ccc(F)cc2)sc1C(=O)N1CCCC(N)C1. The van der Waals surface area contributed by atoms with Gasteiger partial charge in [0.15, 0.2) is 0 Å². The molecule has 1 aromatic carbocycles. The van der Waals surface area contributed by atoms with Gasteiger partial charge >= 0.3 is 0 Å². The Labute approximate surface area is 132 Å². The number of piperidine rings is 1. The molecule has 3 rings (SSSR count). The Kier molecular flexibility index (Phi) is 4.22. The molecule has 2 N–H and O–H groups in total. The van der Waals surface area contributed by atoms with E-state index in [1.165, 1.54) is 23.5 Å². The molecule has 2 aromatic rings. The van der Waals surface area contributed by atoms with Crippen molar-refractivity contribution in [1.82, 2.24) is 9.88 Å². The van der Waals surface area contributed by atoms with Crippen LogP contribution in [0.25, 0.3) is 10.6 Å². The van der Waals surface area contributed by atoms with Crippen LogP contribution in [0, 0.1) is 12.7 Å². The quantitative estimate of drug-likeness (QED) is 0.926. The molecule has 6 heteroatoms. The zero-order valence-corrected chi connectivity index (χ0v) is 13.2. The van der Waals surface area contributed by atoms with E-state index in [-0.39, 0.29) is 17.8 Å². The molecule has 0 saturated carbocycles. The van der Waals surface area contributed by atoms with Crippen molar-refractivity contribution >= 4 is 17.2 Å². The topological polar surface area (TPSA) is 59.2 Å². The number of hydrogen-bond donors (Lipinski definition) is 1. The zero-order chi connectivity index (χ0) is 15.7. The van der Waals surface area contributed by atoms with E-state index >= 15 is 0 Å². The van der Waals surface area contributed by atoms with E-state index in [1.807, 2.05) is 11.8 Å². The minimum absolute atomic E-state index is 0.00138. The highest BCUT2D eigenvalue weighted by atomic mass is 32.1. The smallest absolute Gasteiger partial charge is 0.265 e. The molecule has 0 spiro atoms. The van der Waals surface area contributed by atoms with Crippen LogP contribution in [0.15, 0.2) is 24.3 Å². The fraction of sp³-hybridized carbons (Fsp3) is 0.375. The molecule has 22 heavy (non-hydrogen) atoms. The van der Waals surface area contributed by atoms with Crippen molar-refractivity contribution < 1.29 is 9.18 Å². The number of amides is 1. The second-order valence-electron chi connectivity index (χ2n) is 5.59. The normalized spacial score (nSPS) is 18.5. The highest BCUT2D eigenvalue weighted by molar-refractivity contribution is 7.17. The molecule has 1 fully saturated rings. The molecule has 4 nitrogen and oxygen atoms in total. The third-order valence-electron chi connectivity index (χ3n) is 3.83. The van der Waals surface area contributed by atoms with Gasteiger partial charge in [-0.25, -0.2) is 9.37 Å². The van der Waals surface area contributed by atoms with Crippen LogP contribution < -0.4 is 5.73 Å². The van der Waals surface area contributed by atoms with Crippen molar-refractivity contribution in [2.45, 2.75) is 25.8 Å². The summed E-state index contributed by atoms with van der Waals surface area (Å²) in [6.45, 7) is 3.18. The van der Waals surface area contributed by atoms with E-state index in [0.717, 1.165) is 30.0 Å². The molecule has 2 heterocycles. The average molecular weight is 319 g/mol. The minimum Gasteiger partial charge on any atom is -0.336 e. The first-order valence-electron chi connectivity index (χ1n) is 7.33. The number of aryl methyl sites for hydroxylation is 1. The number of nitrogens with two attached hydrogens (primary N) is 1. The van der Waals surface area contributed by atoms with Gasteiger partial charge in [0.05, 0.1) is 5.69 Å². The Hall–Kier alpha value is -1.79. The van der Waals surface area contributed by atoms with Crippen molar-refractivity contribution in [3.05, 3.63) is 40.7 Å². The number of nitrogens with zero attached hydrogens (tertiary/aromatic N) is 2. The summed E-state index contributed by atoms with van der Waals surface area (Å²) in [6, 6.07) is 6.22. The van der Waals surface area contributed by atoms with Crippen molar-refractivity contribution in [1.29, 1.82) is 0 Å². The summed E-state index contributed by atoms with van der Waals surface area (Å²) < 4.78 is 13.0. The first-order chi connectivity index (χ1) is 10.5. The summed E-state index contributed by atoms with van der Waals surface area (Å²) in [7, 11) is 0. The Morgan fingerprint density at radius 3 is 2.82 bits per heavy atom. The molecule has 1 unspecified atom stereocenters. The van der Waals surface area contributed by atoms with Crippen LogP contribution in [-0.4, -0.2) is 34.9 Å². The van der Waals surface area contributed by atoms with Crippen LogP contribution in [0.4, 0.5) is 4.39 Å². The maximum Gasteiger partial charge on any atom is 0.265 e. The van der Waals surface area contributed by atoms with Crippen LogP contribution >= 0.6 is 11.3 Å². The number of carbonyl (C=O) groups is 1. The van der Waals surface area contributed by atoms with Crippen molar-refractivity contribution in [3.63, 3.8) is 0 Å². The Morgan fingerprint density at radius 2 is 2.14 bits per heavy atom. The first-order valence-corrected chi connectivity index (χ1v) is 8.14. The molecule has 1 atom stereocenters. The number of halogens is 1. The Morgan fingerprint density at radius 1 is 1.41 bits per heavy atom. The van der Waals surface area contributed by atoms with Gasteiger partial charge < -0.3 is 10.6 Å². The molecule has 0 bridgehead atoms. The van der Waals surface area contributed by atoms with Gasteiger partial charge in [-0.3, -0.25) is 4.79 Å². The van der Waals surface area contributed by atoms with Gasteiger partial charge in [-0.15, -0.1) is 11.3 Å². The lowest BCUT2D eigenvalue weighted by Crippen LogP contribution is -2.45. The predicted octanol–water partition coefficient (Wildman–Crippen LogP) is 2.82. The van der Waals surface area contributed by atoms with E-state index in [2.05, 4.69) is 4.98 Å². The lowest BCUT2D eigenvalue weighted by Gasteiger charge is -2.30. The molecule has 1 aliphatic heterocycles. The molecule has 1 aromatic heterocycles. The second-order valence-corrected chi connectivity index (χ2v) is 6.59. The van der Waals surface area contributed by atoms with E-state index in [9.17, 15) is 9.18 Å². The highest BCUT2D eigenvalue weighted by Crippen LogP contribution is 2.29. The third kappa shape index (κ3) is 3.03. The maximum atomic E-state index is 13.0. The number of benzene rings is 1. The standard InChI is InChI=1S/C16H18FN3OS/c1-10-14(16(21)20-8-2-3-13(18)9-20)22-15(19-10)11-4-6-12(17)7-5-11/h4-7,13H,2-3,8-9,18H2,1H3. The number of carbonyl (C=O) groups excluding carboxylic acids is 1. The molecular formula is C16H18FN3OS. The summed E-state index contributed by atoms with van der Waals surface area (Å²) in [4.78, 5) is 19.6. The summed E-state index contributed by atoms with van der Waals surface area (Å²) >= 11 is 1.36. The van der Waals surface area contributed by atoms with Gasteiger partial charge in [0.25, 0.3) is 5.91 Å². The number of rotatable bonds is 2. The Bertz CT molecular complexity index is 683. The van der Waals surface area contributed by atoms with Gasteiger partial charge in [-0.1, -0.05) is 0 Å². The van der Waals surface area contributed by atoms with Gasteiger partial charge in [0.2, 0.25) is 0 Å². The molecular weight excluding hydrogens is 301 g/mol. The van der Waals surface area contributed by atoms with Crippen LogP contribution in [0.5, 0.6) is 0 Å². The molecule has 1 aliphatic rings. The van der Waals surface area contributed by atoms with E-state index in [4.69, 9.17) is 5.73 Å². The number of likely N-dealkylation sites (tertiary alicyclic amines) is 1. The second kappa shape index (κ2) is 6.14. The summed E-state index contributed by atoms with van der Waals surface area (Å²) in [5, 5.41) is 0.738. The number of aromatic nitrogens is 1. The fourth-order valence-electron chi connectivity index (χ4n) is 2.65. The van der Waals surface area contributed by atoms with Crippen molar-refractivity contribution in [2.75, 3.05) is 13.1 Å². The summed E-state index contributed by atoms with van der Waals surface area (Å²) in [5.41, 5.74) is 7.49. The lowest BCUT2D eigenvalue weighted by molar-refractivity contribution is 0.0713. The number of hydrogen-bond acceptors (Lipinski definition) is 4. The Balaban J connectivity index is 1.85. The fourth-order valence-corrected chi connectivity index (χ4v) is 3.69. The predicted molar refractivity (Wildman–Crippen MR) is 85.4 cm³/mol. The molecule has 0 aliphatic carbocycles. The zero-order valence-electron chi connectivity index (χ0n) is 12.4. The number of thiazole rings is 1.